The molecule has 0 aliphatic carbocycles. The molecule has 0 atom stereocenters. The third-order valence-corrected chi connectivity index (χ3v) is 3.49. The van der Waals surface area contributed by atoms with Crippen LogP contribution in [0.25, 0.3) is 0 Å². The van der Waals surface area contributed by atoms with Gasteiger partial charge < -0.3 is 9.47 Å². The Morgan fingerprint density at radius 3 is 2.65 bits per heavy atom. The van der Waals surface area contributed by atoms with Crippen LogP contribution in [0.2, 0.25) is 0 Å². The molecule has 0 spiro atoms. The van der Waals surface area contributed by atoms with Crippen LogP contribution in [-0.4, -0.2) is 18.7 Å². The van der Waals surface area contributed by atoms with Gasteiger partial charge in [-0.2, -0.15) is 0 Å². The van der Waals surface area contributed by atoms with Crippen molar-refractivity contribution >= 4 is 27.5 Å². The van der Waals surface area contributed by atoms with Crippen molar-refractivity contribution in [3.05, 3.63) is 52.1 Å². The maximum Gasteiger partial charge on any atom is 0.223 e. The monoisotopic (exact) mass is 355 g/mol. The molecule has 1 aromatic carbocycles. The lowest BCUT2D eigenvalue weighted by molar-refractivity contribution is 0.202. The Hall–Kier alpha value is -1.10. The fourth-order valence-electron chi connectivity index (χ4n) is 1.71. The van der Waals surface area contributed by atoms with Crippen LogP contribution in [-0.2, 0) is 17.0 Å². The van der Waals surface area contributed by atoms with Gasteiger partial charge in [-0.3, -0.25) is 0 Å². The van der Waals surface area contributed by atoms with Gasteiger partial charge in [-0.05, 0) is 46.1 Å². The van der Waals surface area contributed by atoms with Gasteiger partial charge in [0.1, 0.15) is 5.75 Å². The van der Waals surface area contributed by atoms with Crippen LogP contribution in [0.4, 0.5) is 0 Å². The fourth-order valence-corrected chi connectivity index (χ4v) is 2.28. The number of benzene rings is 1. The number of aromatic nitrogens is 1. The van der Waals surface area contributed by atoms with Gasteiger partial charge in [-0.15, -0.1) is 11.6 Å². The summed E-state index contributed by atoms with van der Waals surface area (Å²) in [5.74, 6) is 1.63. The molecule has 0 saturated heterocycles. The van der Waals surface area contributed by atoms with Crippen LogP contribution in [0.15, 0.2) is 41.0 Å². The number of ether oxygens (including phenoxy) is 2. The molecule has 0 bridgehead atoms. The Labute approximate surface area is 132 Å². The van der Waals surface area contributed by atoms with Gasteiger partial charge >= 0.3 is 0 Å². The summed E-state index contributed by atoms with van der Waals surface area (Å²) in [4.78, 5) is 4.24. The molecule has 0 aliphatic rings. The molecule has 1 heterocycles. The summed E-state index contributed by atoms with van der Waals surface area (Å²) < 4.78 is 11.7. The van der Waals surface area contributed by atoms with E-state index in [4.69, 9.17) is 21.1 Å². The van der Waals surface area contributed by atoms with E-state index in [2.05, 4.69) is 20.9 Å². The van der Waals surface area contributed by atoms with Crippen LogP contribution in [0.1, 0.15) is 11.1 Å². The predicted octanol–water partition coefficient (Wildman–Crippen LogP) is 4.56. The highest BCUT2D eigenvalue weighted by Gasteiger charge is 2.07. The minimum atomic E-state index is 0.355. The Kier molecular flexibility index (Phi) is 5.83. The summed E-state index contributed by atoms with van der Waals surface area (Å²) in [6.07, 6.45) is 2.58. The molecular formula is C15H15BrClNO2. The summed E-state index contributed by atoms with van der Waals surface area (Å²) in [6, 6.07) is 9.79. The Morgan fingerprint density at radius 2 is 2.00 bits per heavy atom. The summed E-state index contributed by atoms with van der Waals surface area (Å²) in [5, 5.41) is 0. The second-order valence-electron chi connectivity index (χ2n) is 4.24. The largest absolute Gasteiger partial charge is 0.439 e. The van der Waals surface area contributed by atoms with E-state index in [0.717, 1.165) is 22.2 Å². The highest BCUT2D eigenvalue weighted by Crippen LogP contribution is 2.26. The van der Waals surface area contributed by atoms with Crippen molar-refractivity contribution in [3.63, 3.8) is 0 Å². The van der Waals surface area contributed by atoms with E-state index in [1.807, 2.05) is 30.3 Å². The third-order valence-electron chi connectivity index (χ3n) is 2.77. The molecule has 0 N–H and O–H groups in total. The van der Waals surface area contributed by atoms with Crippen LogP contribution in [0.3, 0.4) is 0 Å². The van der Waals surface area contributed by atoms with Crippen molar-refractivity contribution in [1.29, 1.82) is 0 Å². The van der Waals surface area contributed by atoms with E-state index >= 15 is 0 Å². The SMILES string of the molecule is COCCc1ccc(Oc2ncc(Br)cc2CCl)cc1. The van der Waals surface area contributed by atoms with E-state index in [1.54, 1.807) is 13.3 Å². The average Bonchev–Trinajstić information content (AvgIpc) is 2.48. The summed E-state index contributed by atoms with van der Waals surface area (Å²) in [7, 11) is 1.70. The molecule has 2 aromatic rings. The number of rotatable bonds is 6. The third kappa shape index (κ3) is 4.20. The quantitative estimate of drug-likeness (QED) is 0.711. The van der Waals surface area contributed by atoms with Crippen molar-refractivity contribution in [1.82, 2.24) is 4.98 Å². The summed E-state index contributed by atoms with van der Waals surface area (Å²) >= 11 is 9.27. The number of pyridine rings is 1. The van der Waals surface area contributed by atoms with Gasteiger partial charge in [0, 0.05) is 23.3 Å². The van der Waals surface area contributed by atoms with Crippen molar-refractivity contribution in [3.8, 4) is 11.6 Å². The fraction of sp³-hybridized carbons (Fsp3) is 0.267. The van der Waals surface area contributed by atoms with Crippen LogP contribution in [0.5, 0.6) is 11.6 Å². The Balaban J connectivity index is 2.10. The van der Waals surface area contributed by atoms with Crippen molar-refractivity contribution in [2.45, 2.75) is 12.3 Å². The molecule has 106 valence electrons. The molecule has 0 radical (unpaired) electrons. The molecule has 0 saturated carbocycles. The van der Waals surface area contributed by atoms with Crippen LogP contribution < -0.4 is 4.74 Å². The molecule has 0 unspecified atom stereocenters. The number of hydrogen-bond donors (Lipinski definition) is 0. The van der Waals surface area contributed by atoms with Crippen LogP contribution >= 0.6 is 27.5 Å². The lowest BCUT2D eigenvalue weighted by atomic mass is 10.1. The predicted molar refractivity (Wildman–Crippen MR) is 83.6 cm³/mol. The molecule has 1 aromatic heterocycles. The van der Waals surface area contributed by atoms with Gasteiger partial charge in [0.05, 0.1) is 12.5 Å². The first-order valence-electron chi connectivity index (χ1n) is 6.19. The lowest BCUT2D eigenvalue weighted by Crippen LogP contribution is -1.95. The molecule has 0 fully saturated rings. The Morgan fingerprint density at radius 1 is 1.25 bits per heavy atom. The van der Waals surface area contributed by atoms with Crippen molar-refractivity contribution in [2.75, 3.05) is 13.7 Å². The zero-order valence-corrected chi connectivity index (χ0v) is 13.4. The van der Waals surface area contributed by atoms with Gasteiger partial charge in [0.2, 0.25) is 5.88 Å². The van der Waals surface area contributed by atoms with Crippen molar-refractivity contribution < 1.29 is 9.47 Å². The lowest BCUT2D eigenvalue weighted by Gasteiger charge is -2.09. The first-order chi connectivity index (χ1) is 9.72. The summed E-state index contributed by atoms with van der Waals surface area (Å²) in [6.45, 7) is 0.713. The second kappa shape index (κ2) is 7.62. The first-order valence-corrected chi connectivity index (χ1v) is 7.52. The molecule has 2 rings (SSSR count). The average molecular weight is 357 g/mol. The zero-order chi connectivity index (χ0) is 14.4. The first kappa shape index (κ1) is 15.3. The standard InChI is InChI=1S/C15H15BrClNO2/c1-19-7-6-11-2-4-14(5-3-11)20-15-12(9-17)8-13(16)10-18-15/h2-5,8,10H,6-7,9H2,1H3. The number of alkyl halides is 1. The van der Waals surface area contributed by atoms with E-state index in [1.165, 1.54) is 5.56 Å². The van der Waals surface area contributed by atoms with E-state index < -0.39 is 0 Å². The highest BCUT2D eigenvalue weighted by molar-refractivity contribution is 9.10. The number of methoxy groups -OCH3 is 1. The molecule has 0 aliphatic heterocycles. The molecule has 20 heavy (non-hydrogen) atoms. The van der Waals surface area contributed by atoms with Gasteiger partial charge in [-0.1, -0.05) is 12.1 Å². The van der Waals surface area contributed by atoms with E-state index in [0.29, 0.717) is 18.4 Å². The van der Waals surface area contributed by atoms with Gasteiger partial charge in [-0.25, -0.2) is 4.98 Å². The summed E-state index contributed by atoms with van der Waals surface area (Å²) in [5.41, 5.74) is 2.06. The minimum absolute atomic E-state index is 0.355. The van der Waals surface area contributed by atoms with Gasteiger partial charge in [0.15, 0.2) is 0 Å². The smallest absolute Gasteiger partial charge is 0.223 e. The van der Waals surface area contributed by atoms with E-state index in [9.17, 15) is 0 Å². The minimum Gasteiger partial charge on any atom is -0.439 e. The molecule has 0 amide bonds. The number of halogens is 2. The highest BCUT2D eigenvalue weighted by atomic mass is 79.9. The van der Waals surface area contributed by atoms with Crippen molar-refractivity contribution in [2.24, 2.45) is 0 Å². The zero-order valence-electron chi connectivity index (χ0n) is 11.1. The Bertz CT molecular complexity index is 560. The normalized spacial score (nSPS) is 10.6. The van der Waals surface area contributed by atoms with E-state index in [-0.39, 0.29) is 0 Å². The maximum atomic E-state index is 5.90. The molecule has 5 heteroatoms. The molecular weight excluding hydrogens is 342 g/mol. The van der Waals surface area contributed by atoms with Gasteiger partial charge in [0.25, 0.3) is 0 Å². The number of hydrogen-bond acceptors (Lipinski definition) is 3. The topological polar surface area (TPSA) is 31.4 Å². The second-order valence-corrected chi connectivity index (χ2v) is 5.42. The maximum absolute atomic E-state index is 5.90. The number of nitrogens with zero attached hydrogens (tertiary/aromatic N) is 1. The molecule has 3 nitrogen and oxygen atoms in total. The van der Waals surface area contributed by atoms with Crippen LogP contribution in [0, 0.1) is 0 Å².